The van der Waals surface area contributed by atoms with Gasteiger partial charge in [0.25, 0.3) is 0 Å². The minimum atomic E-state index is 0.238. The molecule has 0 saturated heterocycles. The molecule has 108 valence electrons. The highest BCUT2D eigenvalue weighted by molar-refractivity contribution is 9.10. The van der Waals surface area contributed by atoms with Crippen LogP contribution in [0.5, 0.6) is 0 Å². The van der Waals surface area contributed by atoms with E-state index < -0.39 is 0 Å². The number of thiazole rings is 1. The first kappa shape index (κ1) is 14.7. The summed E-state index contributed by atoms with van der Waals surface area (Å²) in [6, 6.07) is 2.90. The van der Waals surface area contributed by atoms with Crippen molar-refractivity contribution in [3.8, 4) is 0 Å². The monoisotopic (exact) mass is 370 g/mol. The van der Waals surface area contributed by atoms with Crippen LogP contribution in [0.25, 0.3) is 0 Å². The Morgan fingerprint density at radius 3 is 2.75 bits per heavy atom. The van der Waals surface area contributed by atoms with Crippen molar-refractivity contribution in [2.24, 2.45) is 0 Å². The molecule has 0 saturated carbocycles. The van der Waals surface area contributed by atoms with Crippen LogP contribution in [-0.4, -0.2) is 11.0 Å². The molecule has 2 aromatic heterocycles. The third-order valence-corrected chi connectivity index (χ3v) is 6.46. The van der Waals surface area contributed by atoms with Crippen molar-refractivity contribution < 1.29 is 0 Å². The van der Waals surface area contributed by atoms with Crippen LogP contribution >= 0.6 is 38.6 Å². The molecule has 1 N–H and O–H groups in total. The highest BCUT2D eigenvalue weighted by Crippen LogP contribution is 2.35. The summed E-state index contributed by atoms with van der Waals surface area (Å²) in [6.07, 6.45) is 4.99. The van der Waals surface area contributed by atoms with Gasteiger partial charge in [0.05, 0.1) is 11.7 Å². The van der Waals surface area contributed by atoms with E-state index in [0.717, 1.165) is 10.9 Å². The Bertz CT molecular complexity index is 565. The molecule has 5 heteroatoms. The highest BCUT2D eigenvalue weighted by Gasteiger charge is 2.23. The van der Waals surface area contributed by atoms with Crippen molar-refractivity contribution in [3.63, 3.8) is 0 Å². The van der Waals surface area contributed by atoms with E-state index in [-0.39, 0.29) is 6.04 Å². The molecule has 0 fully saturated rings. The molecule has 0 radical (unpaired) electrons. The number of thiophene rings is 1. The Morgan fingerprint density at radius 1 is 1.30 bits per heavy atom. The van der Waals surface area contributed by atoms with E-state index in [2.05, 4.69) is 46.5 Å². The first-order valence-corrected chi connectivity index (χ1v) is 9.61. The predicted octanol–water partition coefficient (Wildman–Crippen LogP) is 4.93. The molecule has 0 amide bonds. The SMILES string of the molecule is CC(C)NC(c1cc(Br)cs1)c1nc2c(s1)CCCC2. The molecule has 2 aromatic rings. The van der Waals surface area contributed by atoms with Crippen LogP contribution in [-0.2, 0) is 12.8 Å². The summed E-state index contributed by atoms with van der Waals surface area (Å²) in [7, 11) is 0. The van der Waals surface area contributed by atoms with Crippen LogP contribution in [0.4, 0.5) is 0 Å². The van der Waals surface area contributed by atoms with Gasteiger partial charge in [-0.3, -0.25) is 0 Å². The normalized spacial score (nSPS) is 16.4. The molecule has 0 aliphatic heterocycles. The van der Waals surface area contributed by atoms with Gasteiger partial charge in [-0.1, -0.05) is 0 Å². The quantitative estimate of drug-likeness (QED) is 0.824. The zero-order valence-electron chi connectivity index (χ0n) is 11.8. The maximum Gasteiger partial charge on any atom is 0.116 e. The van der Waals surface area contributed by atoms with Gasteiger partial charge >= 0.3 is 0 Å². The standard InChI is InChI=1S/C15H19BrN2S2/c1-9(2)17-14(13-7-10(16)8-19-13)15-18-11-5-3-4-6-12(11)20-15/h7-9,14,17H,3-6H2,1-2H3. The van der Waals surface area contributed by atoms with Crippen LogP contribution < -0.4 is 5.32 Å². The summed E-state index contributed by atoms with van der Waals surface area (Å²) in [4.78, 5) is 7.79. The van der Waals surface area contributed by atoms with Crippen LogP contribution in [0.1, 0.15) is 53.2 Å². The minimum Gasteiger partial charge on any atom is -0.301 e. The van der Waals surface area contributed by atoms with Crippen molar-refractivity contribution in [2.45, 2.75) is 51.6 Å². The lowest BCUT2D eigenvalue weighted by Crippen LogP contribution is -2.28. The van der Waals surface area contributed by atoms with Crippen molar-refractivity contribution in [2.75, 3.05) is 0 Å². The van der Waals surface area contributed by atoms with Crippen molar-refractivity contribution in [1.82, 2.24) is 10.3 Å². The molecular weight excluding hydrogens is 352 g/mol. The van der Waals surface area contributed by atoms with Crippen molar-refractivity contribution >= 4 is 38.6 Å². The van der Waals surface area contributed by atoms with Crippen LogP contribution in [0.3, 0.4) is 0 Å². The zero-order valence-corrected chi connectivity index (χ0v) is 15.0. The summed E-state index contributed by atoms with van der Waals surface area (Å²) in [6.45, 7) is 4.40. The van der Waals surface area contributed by atoms with Gasteiger partial charge in [-0.15, -0.1) is 22.7 Å². The molecular formula is C15H19BrN2S2. The third-order valence-electron chi connectivity index (χ3n) is 3.48. The topological polar surface area (TPSA) is 24.9 Å². The molecule has 0 spiro atoms. The fraction of sp³-hybridized carbons (Fsp3) is 0.533. The Morgan fingerprint density at radius 2 is 2.10 bits per heavy atom. The Balaban J connectivity index is 1.94. The highest BCUT2D eigenvalue weighted by atomic mass is 79.9. The predicted molar refractivity (Wildman–Crippen MR) is 90.9 cm³/mol. The van der Waals surface area contributed by atoms with Gasteiger partial charge in [0.15, 0.2) is 0 Å². The average molecular weight is 371 g/mol. The molecule has 1 aliphatic carbocycles. The Kier molecular flexibility index (Phi) is 4.60. The summed E-state index contributed by atoms with van der Waals surface area (Å²) in [5, 5.41) is 7.06. The molecule has 2 heterocycles. The molecule has 3 rings (SSSR count). The summed E-state index contributed by atoms with van der Waals surface area (Å²) in [5.41, 5.74) is 1.35. The second-order valence-electron chi connectivity index (χ2n) is 5.55. The van der Waals surface area contributed by atoms with Gasteiger partial charge in [-0.2, -0.15) is 0 Å². The Hall–Kier alpha value is -0.230. The van der Waals surface area contributed by atoms with E-state index in [9.17, 15) is 0 Å². The van der Waals surface area contributed by atoms with E-state index in [1.54, 1.807) is 11.3 Å². The number of fused-ring (bicyclic) bond motifs is 1. The van der Waals surface area contributed by atoms with Crippen molar-refractivity contribution in [1.29, 1.82) is 0 Å². The number of nitrogens with zero attached hydrogens (tertiary/aromatic N) is 1. The summed E-state index contributed by atoms with van der Waals surface area (Å²) < 4.78 is 1.16. The number of aryl methyl sites for hydroxylation is 2. The summed E-state index contributed by atoms with van der Waals surface area (Å²) in [5.74, 6) is 0. The molecule has 0 bridgehead atoms. The first-order chi connectivity index (χ1) is 9.63. The van der Waals surface area contributed by atoms with Crippen LogP contribution in [0, 0.1) is 0 Å². The number of halogens is 1. The van der Waals surface area contributed by atoms with E-state index in [0.29, 0.717) is 6.04 Å². The second kappa shape index (κ2) is 6.26. The van der Waals surface area contributed by atoms with Crippen molar-refractivity contribution in [3.05, 3.63) is 36.4 Å². The summed E-state index contributed by atoms with van der Waals surface area (Å²) >= 11 is 7.27. The van der Waals surface area contributed by atoms with Gasteiger partial charge < -0.3 is 5.32 Å². The van der Waals surface area contributed by atoms with E-state index in [1.807, 2.05) is 11.3 Å². The first-order valence-electron chi connectivity index (χ1n) is 7.12. The van der Waals surface area contributed by atoms with Crippen LogP contribution in [0.15, 0.2) is 15.9 Å². The molecule has 0 aromatic carbocycles. The van der Waals surface area contributed by atoms with Gasteiger partial charge in [0.2, 0.25) is 0 Å². The van der Waals surface area contributed by atoms with Gasteiger partial charge in [0, 0.05) is 25.6 Å². The fourth-order valence-corrected chi connectivity index (χ4v) is 5.40. The van der Waals surface area contributed by atoms with E-state index in [4.69, 9.17) is 4.98 Å². The van der Waals surface area contributed by atoms with E-state index in [1.165, 1.54) is 39.7 Å². The zero-order chi connectivity index (χ0) is 14.1. The molecule has 1 unspecified atom stereocenters. The lowest BCUT2D eigenvalue weighted by atomic mass is 10.0. The second-order valence-corrected chi connectivity index (χ2v) is 8.52. The van der Waals surface area contributed by atoms with Gasteiger partial charge in [-0.05, 0) is 61.5 Å². The Labute approximate surface area is 136 Å². The fourth-order valence-electron chi connectivity index (χ4n) is 2.58. The van der Waals surface area contributed by atoms with Crippen LogP contribution in [0.2, 0.25) is 0 Å². The maximum absolute atomic E-state index is 4.94. The smallest absolute Gasteiger partial charge is 0.116 e. The number of hydrogen-bond donors (Lipinski definition) is 1. The number of nitrogens with one attached hydrogen (secondary N) is 1. The molecule has 20 heavy (non-hydrogen) atoms. The number of aromatic nitrogens is 1. The number of rotatable bonds is 4. The lowest BCUT2D eigenvalue weighted by molar-refractivity contribution is 0.531. The maximum atomic E-state index is 4.94. The van der Waals surface area contributed by atoms with Gasteiger partial charge in [-0.25, -0.2) is 4.98 Å². The van der Waals surface area contributed by atoms with E-state index >= 15 is 0 Å². The largest absolute Gasteiger partial charge is 0.301 e. The number of hydrogen-bond acceptors (Lipinski definition) is 4. The van der Waals surface area contributed by atoms with Gasteiger partial charge in [0.1, 0.15) is 5.01 Å². The minimum absolute atomic E-state index is 0.238. The average Bonchev–Trinajstić information content (AvgIpc) is 3.01. The lowest BCUT2D eigenvalue weighted by Gasteiger charge is -2.17. The third kappa shape index (κ3) is 3.16. The molecule has 1 atom stereocenters. The molecule has 2 nitrogen and oxygen atoms in total. The molecule has 1 aliphatic rings.